The van der Waals surface area contributed by atoms with Crippen LogP contribution in [-0.2, 0) is 9.59 Å². The van der Waals surface area contributed by atoms with Crippen LogP contribution in [0.15, 0.2) is 122 Å². The molecule has 0 atom stereocenters. The average molecular weight is 665 g/mol. The van der Waals surface area contributed by atoms with Crippen molar-refractivity contribution in [1.29, 1.82) is 0 Å². The van der Waals surface area contributed by atoms with Crippen molar-refractivity contribution in [2.75, 3.05) is 13.1 Å². The Kier molecular flexibility index (Phi) is 48.3. The van der Waals surface area contributed by atoms with Gasteiger partial charge in [0, 0.05) is 11.9 Å². The van der Waals surface area contributed by atoms with E-state index in [-0.39, 0.29) is 12.8 Å². The van der Waals surface area contributed by atoms with Crippen LogP contribution in [-0.4, -0.2) is 25.0 Å². The van der Waals surface area contributed by atoms with Crippen LogP contribution in [0.1, 0.15) is 117 Å². The predicted molar refractivity (Wildman–Crippen MR) is 202 cm³/mol. The number of carbonyl (C=O) groups excluding carboxylic acids is 2. The summed E-state index contributed by atoms with van der Waals surface area (Å²) in [7, 11) is 0. The second-order valence-electron chi connectivity index (χ2n) is 10.7. The molecule has 0 bridgehead atoms. The molecule has 0 aliphatic rings. The summed E-state index contributed by atoms with van der Waals surface area (Å²) in [6, 6.07) is 0. The number of rotatable bonds is 27. The number of hydrogen-bond donors (Lipinski definition) is 2. The van der Waals surface area contributed by atoms with Crippen molar-refractivity contribution in [3.63, 3.8) is 0 Å². The first-order chi connectivity index (χ1) is 23.5. The van der Waals surface area contributed by atoms with E-state index in [0.717, 1.165) is 90.1 Å². The lowest BCUT2D eigenvalue weighted by atomic mass is 10.2. The molecule has 0 amide bonds. The van der Waals surface area contributed by atoms with E-state index in [9.17, 15) is 19.8 Å². The molecule has 6 nitrogen and oxygen atoms in total. The fourth-order valence-electron chi connectivity index (χ4n) is 3.47. The quantitative estimate of drug-likeness (QED) is 0.0739. The highest BCUT2D eigenvalue weighted by atomic mass is 16.4. The van der Waals surface area contributed by atoms with Gasteiger partial charge in [0.1, 0.15) is 13.1 Å². The van der Waals surface area contributed by atoms with Crippen LogP contribution in [0.4, 0.5) is 0 Å². The number of unbranched alkanes of at least 4 members (excludes halogenated alkanes) is 2. The molecule has 0 aliphatic carbocycles. The number of carboxylic acids is 2. The van der Waals surface area contributed by atoms with Crippen LogP contribution in [0, 0.1) is 0 Å². The van der Waals surface area contributed by atoms with E-state index < -0.39 is 11.9 Å². The minimum atomic E-state index is -0.965. The molecule has 0 aromatic carbocycles. The molecule has 6 N–H and O–H groups in total. The normalized spacial score (nSPS) is 12.3. The summed E-state index contributed by atoms with van der Waals surface area (Å²) in [5, 5.41) is 20.4. The minimum absolute atomic E-state index is 0.147. The summed E-state index contributed by atoms with van der Waals surface area (Å²) < 4.78 is 0. The third kappa shape index (κ3) is 57.9. The van der Waals surface area contributed by atoms with Gasteiger partial charge in [0.05, 0.1) is 0 Å². The van der Waals surface area contributed by atoms with Gasteiger partial charge in [-0.25, -0.2) is 0 Å². The van der Waals surface area contributed by atoms with Crippen LogP contribution < -0.4 is 21.7 Å². The summed E-state index contributed by atoms with van der Waals surface area (Å²) in [5.41, 5.74) is 7.08. The van der Waals surface area contributed by atoms with Gasteiger partial charge in [0.25, 0.3) is 0 Å². The SMILES string of the molecule is CC/C=C\C/C=C\C/C=C\C/C=C\C/C=C\CCCC(=O)[O-].CC/C=C\C/C=C\C/C=C\C/C=C\C/C=C\CCCC(=O)[O-].[NH3+]CC[NH3+]. The molecule has 0 aromatic heterocycles. The van der Waals surface area contributed by atoms with E-state index in [1.807, 2.05) is 12.2 Å². The molecule has 48 heavy (non-hydrogen) atoms. The molecule has 0 fully saturated rings. The van der Waals surface area contributed by atoms with Crippen molar-refractivity contribution in [1.82, 2.24) is 0 Å². The Morgan fingerprint density at radius 2 is 0.604 bits per heavy atom. The van der Waals surface area contributed by atoms with Crippen LogP contribution >= 0.6 is 0 Å². The maximum absolute atomic E-state index is 10.2. The first-order valence-corrected chi connectivity index (χ1v) is 17.9. The molecule has 0 heterocycles. The van der Waals surface area contributed by atoms with Crippen LogP contribution in [0.3, 0.4) is 0 Å². The fourth-order valence-corrected chi connectivity index (χ4v) is 3.47. The first-order valence-electron chi connectivity index (χ1n) is 17.9. The third-order valence-electron chi connectivity index (χ3n) is 6.07. The molecule has 0 aliphatic heterocycles. The zero-order chi connectivity index (χ0) is 36.0. The van der Waals surface area contributed by atoms with E-state index in [1.165, 1.54) is 0 Å². The standard InChI is InChI=1S/2C20H30O2.C2H8N2/c2*1-2-3-4-5-6-7-8-9-10-11-12-13-14-15-16-17-18-19-20(21)22;3-1-2-4/h2*3-4,6-7,9-10,12-13,15-16H,2,5,8,11,14,17-19H2,1H3,(H,21,22);1-4H2/b2*4-3-,7-6-,10-9-,13-12-,16-15-;. The van der Waals surface area contributed by atoms with E-state index in [4.69, 9.17) is 0 Å². The van der Waals surface area contributed by atoms with Gasteiger partial charge in [-0.15, -0.1) is 0 Å². The van der Waals surface area contributed by atoms with Gasteiger partial charge >= 0.3 is 0 Å². The number of allylic oxidation sites excluding steroid dienone is 20. The summed E-state index contributed by atoms with van der Waals surface area (Å²) in [4.78, 5) is 20.4. The summed E-state index contributed by atoms with van der Waals surface area (Å²) >= 11 is 0. The molecule has 6 heteroatoms. The Balaban J connectivity index is -0.000000758. The number of carbonyl (C=O) groups is 2. The maximum atomic E-state index is 10.2. The Hall–Kier alpha value is -3.74. The first kappa shape index (κ1) is 48.7. The van der Waals surface area contributed by atoms with Gasteiger partial charge in [0.2, 0.25) is 0 Å². The predicted octanol–water partition coefficient (Wildman–Crippen LogP) is 6.79. The van der Waals surface area contributed by atoms with Gasteiger partial charge in [-0.1, -0.05) is 135 Å². The highest BCUT2D eigenvalue weighted by molar-refractivity contribution is 5.64. The van der Waals surface area contributed by atoms with Crippen molar-refractivity contribution in [2.24, 2.45) is 0 Å². The molecular formula is C42H68N2O4. The van der Waals surface area contributed by atoms with Crippen LogP contribution in [0.5, 0.6) is 0 Å². The fraction of sp³-hybridized carbons (Fsp3) is 0.476. The van der Waals surface area contributed by atoms with Crippen molar-refractivity contribution >= 4 is 11.9 Å². The van der Waals surface area contributed by atoms with Gasteiger partial charge < -0.3 is 31.3 Å². The monoisotopic (exact) mass is 665 g/mol. The van der Waals surface area contributed by atoms with E-state index in [0.29, 0.717) is 12.8 Å². The molecule has 0 rings (SSSR count). The second kappa shape index (κ2) is 47.7. The number of hydrogen-bond acceptors (Lipinski definition) is 4. The summed E-state index contributed by atoms with van der Waals surface area (Å²) in [6.45, 7) is 6.20. The van der Waals surface area contributed by atoms with Gasteiger partial charge in [0.15, 0.2) is 0 Å². The molecule has 0 saturated heterocycles. The summed E-state index contributed by atoms with van der Waals surface area (Å²) in [5.74, 6) is -1.93. The van der Waals surface area contributed by atoms with Gasteiger partial charge in [-0.05, 0) is 103 Å². The Morgan fingerprint density at radius 3 is 0.792 bits per heavy atom. The number of quaternary nitrogens is 2. The van der Waals surface area contributed by atoms with E-state index >= 15 is 0 Å². The van der Waals surface area contributed by atoms with Crippen molar-refractivity contribution in [3.8, 4) is 0 Å². The summed E-state index contributed by atoms with van der Waals surface area (Å²) in [6.07, 6.45) is 56.2. The van der Waals surface area contributed by atoms with E-state index in [1.54, 1.807) is 0 Å². The Morgan fingerprint density at radius 1 is 0.396 bits per heavy atom. The van der Waals surface area contributed by atoms with Crippen LogP contribution in [0.25, 0.3) is 0 Å². The zero-order valence-corrected chi connectivity index (χ0v) is 30.3. The minimum Gasteiger partial charge on any atom is -0.550 e. The number of carboxylic acid groups (broad SMARTS) is 2. The molecular weight excluding hydrogens is 596 g/mol. The maximum Gasteiger partial charge on any atom is 0.124 e. The molecule has 0 radical (unpaired) electrons. The van der Waals surface area contributed by atoms with Gasteiger partial charge in [-0.2, -0.15) is 0 Å². The lowest BCUT2D eigenvalue weighted by Gasteiger charge is -1.97. The average Bonchev–Trinajstić information content (AvgIpc) is 3.07. The molecule has 0 spiro atoms. The van der Waals surface area contributed by atoms with Gasteiger partial charge in [-0.3, -0.25) is 0 Å². The lowest BCUT2D eigenvalue weighted by Crippen LogP contribution is -2.64. The topological polar surface area (TPSA) is 136 Å². The highest BCUT2D eigenvalue weighted by Gasteiger charge is 1.85. The van der Waals surface area contributed by atoms with Crippen LogP contribution in [0.2, 0.25) is 0 Å². The third-order valence-corrected chi connectivity index (χ3v) is 6.07. The second-order valence-corrected chi connectivity index (χ2v) is 10.7. The smallest absolute Gasteiger partial charge is 0.124 e. The lowest BCUT2D eigenvalue weighted by molar-refractivity contribution is -0.453. The number of aliphatic carboxylic acids is 2. The van der Waals surface area contributed by atoms with E-state index in [2.05, 4.69) is 135 Å². The molecule has 0 unspecified atom stereocenters. The van der Waals surface area contributed by atoms with Crippen molar-refractivity contribution in [3.05, 3.63) is 122 Å². The molecule has 0 saturated carbocycles. The Labute approximate surface area is 293 Å². The Bertz CT molecular complexity index is 915. The van der Waals surface area contributed by atoms with Crippen molar-refractivity contribution < 1.29 is 31.3 Å². The highest BCUT2D eigenvalue weighted by Crippen LogP contribution is 2.00. The largest absolute Gasteiger partial charge is 0.550 e. The molecule has 270 valence electrons. The molecule has 0 aromatic rings. The van der Waals surface area contributed by atoms with Crippen molar-refractivity contribution in [2.45, 2.75) is 117 Å². The zero-order valence-electron chi connectivity index (χ0n) is 30.3.